The molecule has 19 heavy (non-hydrogen) atoms. The van der Waals surface area contributed by atoms with Crippen LogP contribution in [0.15, 0.2) is 18.2 Å². The molecule has 0 aliphatic carbocycles. The predicted octanol–water partition coefficient (Wildman–Crippen LogP) is 2.97. The molecule has 0 heterocycles. The van der Waals surface area contributed by atoms with Crippen LogP contribution in [0.5, 0.6) is 0 Å². The van der Waals surface area contributed by atoms with Gasteiger partial charge in [-0.05, 0) is 36.5 Å². The van der Waals surface area contributed by atoms with E-state index in [0.717, 1.165) is 17.7 Å². The second kappa shape index (κ2) is 6.57. The zero-order valence-corrected chi connectivity index (χ0v) is 12.2. The molecule has 1 amide bonds. The van der Waals surface area contributed by atoms with Crippen molar-refractivity contribution in [2.24, 2.45) is 5.41 Å². The maximum atomic E-state index is 11.7. The molecule has 1 aromatic carbocycles. The number of benzene rings is 1. The van der Waals surface area contributed by atoms with Crippen LogP contribution in [0.1, 0.15) is 32.8 Å². The number of hydrogen-bond donors (Lipinski definition) is 2. The van der Waals surface area contributed by atoms with Crippen molar-refractivity contribution in [2.45, 2.75) is 34.1 Å². The SMILES string of the molecule is Cc1c(N)cccc1NC(=O)COCCC(C)(C)C. The van der Waals surface area contributed by atoms with E-state index >= 15 is 0 Å². The van der Waals surface area contributed by atoms with Gasteiger partial charge in [0.15, 0.2) is 0 Å². The minimum absolute atomic E-state index is 0.0737. The summed E-state index contributed by atoms with van der Waals surface area (Å²) < 4.78 is 5.37. The highest BCUT2D eigenvalue weighted by Crippen LogP contribution is 2.20. The number of carbonyl (C=O) groups is 1. The summed E-state index contributed by atoms with van der Waals surface area (Å²) in [4.78, 5) is 11.7. The molecule has 4 nitrogen and oxygen atoms in total. The minimum Gasteiger partial charge on any atom is -0.398 e. The maximum Gasteiger partial charge on any atom is 0.250 e. The number of nitrogens with one attached hydrogen (secondary N) is 1. The Hall–Kier alpha value is -1.55. The molecule has 0 saturated carbocycles. The van der Waals surface area contributed by atoms with Crippen molar-refractivity contribution in [3.05, 3.63) is 23.8 Å². The summed E-state index contributed by atoms with van der Waals surface area (Å²) >= 11 is 0. The van der Waals surface area contributed by atoms with Gasteiger partial charge in [-0.15, -0.1) is 0 Å². The predicted molar refractivity (Wildman–Crippen MR) is 79.1 cm³/mol. The quantitative estimate of drug-likeness (QED) is 0.635. The first kappa shape index (κ1) is 15.5. The van der Waals surface area contributed by atoms with E-state index in [1.54, 1.807) is 0 Å². The highest BCUT2D eigenvalue weighted by Gasteiger charge is 2.11. The molecule has 0 aliphatic heterocycles. The van der Waals surface area contributed by atoms with Gasteiger partial charge in [0.25, 0.3) is 0 Å². The van der Waals surface area contributed by atoms with Crippen molar-refractivity contribution < 1.29 is 9.53 Å². The molecule has 0 atom stereocenters. The number of nitrogens with two attached hydrogens (primary N) is 1. The van der Waals surface area contributed by atoms with E-state index in [4.69, 9.17) is 10.5 Å². The van der Waals surface area contributed by atoms with Crippen LogP contribution in [0.3, 0.4) is 0 Å². The number of carbonyl (C=O) groups excluding carboxylic acids is 1. The number of ether oxygens (including phenoxy) is 1. The normalized spacial score (nSPS) is 11.4. The van der Waals surface area contributed by atoms with Crippen molar-refractivity contribution in [1.29, 1.82) is 0 Å². The lowest BCUT2D eigenvalue weighted by atomic mass is 9.93. The Bertz CT molecular complexity index is 436. The lowest BCUT2D eigenvalue weighted by molar-refractivity contribution is -0.120. The zero-order chi connectivity index (χ0) is 14.5. The molecule has 4 heteroatoms. The summed E-state index contributed by atoms with van der Waals surface area (Å²) in [6.07, 6.45) is 0.928. The van der Waals surface area contributed by atoms with Crippen LogP contribution < -0.4 is 11.1 Å². The Balaban J connectivity index is 2.38. The van der Waals surface area contributed by atoms with Crippen LogP contribution >= 0.6 is 0 Å². The molecule has 0 fully saturated rings. The smallest absolute Gasteiger partial charge is 0.250 e. The Kier molecular flexibility index (Phi) is 5.36. The molecule has 1 aromatic rings. The summed E-state index contributed by atoms with van der Waals surface area (Å²) in [6.45, 7) is 8.98. The van der Waals surface area contributed by atoms with Crippen LogP contribution in [-0.4, -0.2) is 19.1 Å². The van der Waals surface area contributed by atoms with Gasteiger partial charge in [0, 0.05) is 18.0 Å². The van der Waals surface area contributed by atoms with Crippen molar-refractivity contribution in [3.8, 4) is 0 Å². The third kappa shape index (κ3) is 5.75. The first-order valence-corrected chi connectivity index (χ1v) is 6.52. The van der Waals surface area contributed by atoms with Crippen molar-refractivity contribution in [2.75, 3.05) is 24.3 Å². The second-order valence-corrected chi connectivity index (χ2v) is 5.93. The molecule has 0 radical (unpaired) electrons. The van der Waals surface area contributed by atoms with Gasteiger partial charge in [-0.3, -0.25) is 4.79 Å². The molecule has 0 spiro atoms. The second-order valence-electron chi connectivity index (χ2n) is 5.93. The van der Waals surface area contributed by atoms with E-state index in [0.29, 0.717) is 12.3 Å². The Morgan fingerprint density at radius 3 is 2.68 bits per heavy atom. The topological polar surface area (TPSA) is 64.3 Å². The van der Waals surface area contributed by atoms with Crippen molar-refractivity contribution in [3.63, 3.8) is 0 Å². The van der Waals surface area contributed by atoms with Gasteiger partial charge in [-0.2, -0.15) is 0 Å². The van der Waals surface area contributed by atoms with Crippen LogP contribution in [0.4, 0.5) is 11.4 Å². The van der Waals surface area contributed by atoms with E-state index in [2.05, 4.69) is 26.1 Å². The molecule has 3 N–H and O–H groups in total. The number of amides is 1. The highest BCUT2D eigenvalue weighted by atomic mass is 16.5. The molecule has 0 unspecified atom stereocenters. The van der Waals surface area contributed by atoms with E-state index in [1.165, 1.54) is 0 Å². The third-order valence-electron chi connectivity index (χ3n) is 2.88. The molecular weight excluding hydrogens is 240 g/mol. The first-order valence-electron chi connectivity index (χ1n) is 6.52. The fourth-order valence-electron chi connectivity index (χ4n) is 1.52. The third-order valence-corrected chi connectivity index (χ3v) is 2.88. The van der Waals surface area contributed by atoms with Gasteiger partial charge in [-0.1, -0.05) is 26.8 Å². The molecule has 1 rings (SSSR count). The first-order chi connectivity index (χ1) is 8.79. The minimum atomic E-state index is -0.150. The maximum absolute atomic E-state index is 11.7. The van der Waals surface area contributed by atoms with Gasteiger partial charge in [0.2, 0.25) is 5.91 Å². The number of hydrogen-bond acceptors (Lipinski definition) is 3. The summed E-state index contributed by atoms with van der Waals surface area (Å²) in [5, 5.41) is 2.80. The van der Waals surface area contributed by atoms with Gasteiger partial charge >= 0.3 is 0 Å². The van der Waals surface area contributed by atoms with Crippen LogP contribution in [0, 0.1) is 12.3 Å². The van der Waals surface area contributed by atoms with Crippen LogP contribution in [-0.2, 0) is 9.53 Å². The molecule has 0 saturated heterocycles. The Morgan fingerprint density at radius 2 is 2.05 bits per heavy atom. The monoisotopic (exact) mass is 264 g/mol. The molecule has 0 aliphatic rings. The van der Waals surface area contributed by atoms with Crippen LogP contribution in [0.2, 0.25) is 0 Å². The van der Waals surface area contributed by atoms with Crippen molar-refractivity contribution >= 4 is 17.3 Å². The Morgan fingerprint density at radius 1 is 1.37 bits per heavy atom. The summed E-state index contributed by atoms with van der Waals surface area (Å²) in [6, 6.07) is 5.46. The number of nitrogen functional groups attached to an aromatic ring is 1. The Labute approximate surface area is 115 Å². The van der Waals surface area contributed by atoms with Crippen LogP contribution in [0.25, 0.3) is 0 Å². The van der Waals surface area contributed by atoms with Gasteiger partial charge < -0.3 is 15.8 Å². The summed E-state index contributed by atoms with van der Waals surface area (Å²) in [7, 11) is 0. The zero-order valence-electron chi connectivity index (χ0n) is 12.2. The van der Waals surface area contributed by atoms with Gasteiger partial charge in [0.05, 0.1) is 0 Å². The molecule has 106 valence electrons. The molecule has 0 aromatic heterocycles. The fraction of sp³-hybridized carbons (Fsp3) is 0.533. The largest absolute Gasteiger partial charge is 0.398 e. The van der Waals surface area contributed by atoms with E-state index in [1.807, 2.05) is 25.1 Å². The summed E-state index contributed by atoms with van der Waals surface area (Å²) in [5.74, 6) is -0.150. The lowest BCUT2D eigenvalue weighted by Gasteiger charge is -2.17. The summed E-state index contributed by atoms with van der Waals surface area (Å²) in [5.41, 5.74) is 8.30. The van der Waals surface area contributed by atoms with Crippen molar-refractivity contribution in [1.82, 2.24) is 0 Å². The van der Waals surface area contributed by atoms with Gasteiger partial charge in [-0.25, -0.2) is 0 Å². The fourth-order valence-corrected chi connectivity index (χ4v) is 1.52. The van der Waals surface area contributed by atoms with E-state index in [-0.39, 0.29) is 17.9 Å². The molecular formula is C15H24N2O2. The average molecular weight is 264 g/mol. The number of rotatable bonds is 5. The van der Waals surface area contributed by atoms with Gasteiger partial charge in [0.1, 0.15) is 6.61 Å². The highest BCUT2D eigenvalue weighted by molar-refractivity contribution is 5.93. The van der Waals surface area contributed by atoms with E-state index < -0.39 is 0 Å². The average Bonchev–Trinajstić information content (AvgIpc) is 2.29. The number of anilines is 2. The lowest BCUT2D eigenvalue weighted by Crippen LogP contribution is -2.20. The van der Waals surface area contributed by atoms with E-state index in [9.17, 15) is 4.79 Å². The molecule has 0 bridgehead atoms. The standard InChI is InChI=1S/C15H24N2O2/c1-11-12(16)6-5-7-13(11)17-14(18)10-19-9-8-15(2,3)4/h5-7H,8-10,16H2,1-4H3,(H,17,18).